The summed E-state index contributed by atoms with van der Waals surface area (Å²) in [5, 5.41) is 9.52. The zero-order chi connectivity index (χ0) is 18.5. The number of amides is 1. The molecule has 0 N–H and O–H groups in total. The Morgan fingerprint density at radius 1 is 1.19 bits per heavy atom. The molecule has 130 valence electrons. The van der Waals surface area contributed by atoms with Crippen LogP contribution in [0.1, 0.15) is 19.4 Å². The van der Waals surface area contributed by atoms with Crippen LogP contribution in [-0.2, 0) is 4.79 Å². The van der Waals surface area contributed by atoms with Crippen LogP contribution in [0.25, 0.3) is 6.08 Å². The second kappa shape index (κ2) is 7.75. The van der Waals surface area contributed by atoms with Gasteiger partial charge in [0.1, 0.15) is 12.0 Å². The summed E-state index contributed by atoms with van der Waals surface area (Å²) in [4.78, 5) is 22.9. The maximum Gasteiger partial charge on any atom is 0.260 e. The first-order valence-corrected chi connectivity index (χ1v) is 8.69. The van der Waals surface area contributed by atoms with Crippen molar-refractivity contribution in [3.8, 4) is 6.07 Å². The number of amidine groups is 1. The minimum absolute atomic E-state index is 0.177. The van der Waals surface area contributed by atoms with Crippen molar-refractivity contribution in [2.75, 3.05) is 18.0 Å². The van der Waals surface area contributed by atoms with E-state index in [-0.39, 0.29) is 17.3 Å². The van der Waals surface area contributed by atoms with Crippen molar-refractivity contribution in [2.24, 2.45) is 15.9 Å². The van der Waals surface area contributed by atoms with Crippen LogP contribution in [0.5, 0.6) is 0 Å². The Bertz CT molecular complexity index is 891. The first kappa shape index (κ1) is 17.6. The molecule has 1 aliphatic heterocycles. The van der Waals surface area contributed by atoms with Gasteiger partial charge < -0.3 is 4.90 Å². The zero-order valence-corrected chi connectivity index (χ0v) is 14.9. The standard InChI is InChI=1S/C21H20N4O/c1-3-25(4-2)17-11-9-15(10-12-17)13-16(14-22)20-23-19-8-6-5-7-18(19)21(26)24-20/h5-13,18H,3-4H2,1-2H3/b16-13+. The first-order chi connectivity index (χ1) is 12.7. The molecule has 0 radical (unpaired) electrons. The third kappa shape index (κ3) is 3.55. The predicted molar refractivity (Wildman–Crippen MR) is 105 cm³/mol. The minimum atomic E-state index is -0.433. The van der Waals surface area contributed by atoms with Gasteiger partial charge in [-0.1, -0.05) is 30.4 Å². The third-order valence-corrected chi connectivity index (χ3v) is 4.41. The van der Waals surface area contributed by atoms with Crippen LogP contribution in [0, 0.1) is 17.2 Å². The fourth-order valence-electron chi connectivity index (χ4n) is 2.97. The maximum absolute atomic E-state index is 12.2. The molecule has 5 nitrogen and oxygen atoms in total. The number of rotatable bonds is 5. The van der Waals surface area contributed by atoms with Crippen LogP contribution in [0.2, 0.25) is 0 Å². The van der Waals surface area contributed by atoms with E-state index in [0.717, 1.165) is 24.3 Å². The van der Waals surface area contributed by atoms with Crippen LogP contribution >= 0.6 is 0 Å². The van der Waals surface area contributed by atoms with Gasteiger partial charge in [-0.25, -0.2) is 4.99 Å². The molecule has 1 atom stereocenters. The Labute approximate surface area is 153 Å². The van der Waals surface area contributed by atoms with E-state index in [2.05, 4.69) is 34.8 Å². The Balaban J connectivity index is 1.89. The molecule has 3 rings (SSSR count). The fourth-order valence-corrected chi connectivity index (χ4v) is 2.97. The summed E-state index contributed by atoms with van der Waals surface area (Å²) in [5.41, 5.74) is 2.91. The number of anilines is 1. The summed E-state index contributed by atoms with van der Waals surface area (Å²) in [5.74, 6) is -0.544. The summed E-state index contributed by atoms with van der Waals surface area (Å²) in [6.45, 7) is 6.11. The van der Waals surface area contributed by atoms with E-state index >= 15 is 0 Å². The molecule has 0 saturated carbocycles. The summed E-state index contributed by atoms with van der Waals surface area (Å²) < 4.78 is 0. The molecule has 1 aromatic rings. The quantitative estimate of drug-likeness (QED) is 0.767. The van der Waals surface area contributed by atoms with Crippen LogP contribution in [-0.4, -0.2) is 30.5 Å². The molecular formula is C21H20N4O. The molecule has 0 bridgehead atoms. The van der Waals surface area contributed by atoms with Crippen LogP contribution in [0.15, 0.2) is 64.1 Å². The van der Waals surface area contributed by atoms with Crippen molar-refractivity contribution in [2.45, 2.75) is 13.8 Å². The molecule has 1 aromatic carbocycles. The number of aliphatic imine (C=N–C) groups is 2. The molecule has 0 spiro atoms. The lowest BCUT2D eigenvalue weighted by molar-refractivity contribution is -0.118. The van der Waals surface area contributed by atoms with Crippen LogP contribution in [0.4, 0.5) is 5.69 Å². The Kier molecular flexibility index (Phi) is 5.23. The van der Waals surface area contributed by atoms with Crippen LogP contribution in [0.3, 0.4) is 0 Å². The smallest absolute Gasteiger partial charge is 0.260 e. The van der Waals surface area contributed by atoms with Crippen molar-refractivity contribution >= 4 is 29.2 Å². The highest BCUT2D eigenvalue weighted by molar-refractivity contribution is 6.26. The highest BCUT2D eigenvalue weighted by Crippen LogP contribution is 2.21. The molecule has 5 heteroatoms. The van der Waals surface area contributed by atoms with Crippen molar-refractivity contribution < 1.29 is 4.79 Å². The largest absolute Gasteiger partial charge is 0.372 e. The second-order valence-corrected chi connectivity index (χ2v) is 5.97. The van der Waals surface area contributed by atoms with Gasteiger partial charge in [-0.15, -0.1) is 0 Å². The number of benzene rings is 1. The first-order valence-electron chi connectivity index (χ1n) is 8.69. The van der Waals surface area contributed by atoms with Crippen molar-refractivity contribution in [1.29, 1.82) is 5.26 Å². The summed E-state index contributed by atoms with van der Waals surface area (Å²) in [6.07, 6.45) is 8.90. The number of carbonyl (C=O) groups is 1. The van der Waals surface area contributed by atoms with Crippen LogP contribution < -0.4 is 4.90 Å². The van der Waals surface area contributed by atoms with Gasteiger partial charge in [0.2, 0.25) is 0 Å². The molecule has 26 heavy (non-hydrogen) atoms. The lowest BCUT2D eigenvalue weighted by Crippen LogP contribution is -2.27. The monoisotopic (exact) mass is 344 g/mol. The van der Waals surface area contributed by atoms with Gasteiger partial charge in [-0.3, -0.25) is 4.79 Å². The van der Waals surface area contributed by atoms with Gasteiger partial charge in [0.15, 0.2) is 5.84 Å². The number of nitriles is 1. The Morgan fingerprint density at radius 2 is 1.92 bits per heavy atom. The highest BCUT2D eigenvalue weighted by Gasteiger charge is 2.27. The van der Waals surface area contributed by atoms with Gasteiger partial charge in [0, 0.05) is 18.8 Å². The number of allylic oxidation sites excluding steroid dienone is 3. The SMILES string of the molecule is CCN(CC)c1ccc(/C=C(\C#N)C2=NC(=O)C3C=CC=CC3=N2)cc1. The number of hydrogen-bond acceptors (Lipinski definition) is 4. The fraction of sp³-hybridized carbons (Fsp3) is 0.238. The lowest BCUT2D eigenvalue weighted by Gasteiger charge is -2.21. The van der Waals surface area contributed by atoms with E-state index < -0.39 is 5.92 Å². The normalized spacial score (nSPS) is 18.7. The van der Waals surface area contributed by atoms with Gasteiger partial charge in [0.25, 0.3) is 5.91 Å². The molecule has 0 saturated heterocycles. The molecule has 0 fully saturated rings. The van der Waals surface area contributed by atoms with Crippen molar-refractivity contribution in [1.82, 2.24) is 0 Å². The summed E-state index contributed by atoms with van der Waals surface area (Å²) in [7, 11) is 0. The van der Waals surface area contributed by atoms with E-state index in [1.807, 2.05) is 30.3 Å². The van der Waals surface area contributed by atoms with Crippen molar-refractivity contribution in [3.63, 3.8) is 0 Å². The van der Waals surface area contributed by atoms with Gasteiger partial charge in [0.05, 0.1) is 11.3 Å². The van der Waals surface area contributed by atoms with E-state index in [4.69, 9.17) is 0 Å². The van der Waals surface area contributed by atoms with Gasteiger partial charge >= 0.3 is 0 Å². The molecule has 1 heterocycles. The molecular weight excluding hydrogens is 324 g/mol. The number of fused-ring (bicyclic) bond motifs is 1. The number of nitrogens with zero attached hydrogens (tertiary/aromatic N) is 4. The maximum atomic E-state index is 12.2. The molecule has 1 unspecified atom stereocenters. The predicted octanol–water partition coefficient (Wildman–Crippen LogP) is 3.56. The molecule has 1 amide bonds. The van der Waals surface area contributed by atoms with Gasteiger partial charge in [-0.05, 0) is 43.7 Å². The topological polar surface area (TPSA) is 68.8 Å². The average molecular weight is 344 g/mol. The summed E-state index contributed by atoms with van der Waals surface area (Å²) in [6, 6.07) is 10.1. The lowest BCUT2D eigenvalue weighted by atomic mass is 9.96. The molecule has 2 aliphatic rings. The Hall–Kier alpha value is -3.26. The van der Waals surface area contributed by atoms with Gasteiger partial charge in [-0.2, -0.15) is 10.3 Å². The van der Waals surface area contributed by atoms with E-state index in [1.54, 1.807) is 24.3 Å². The van der Waals surface area contributed by atoms with E-state index in [1.165, 1.54) is 0 Å². The Morgan fingerprint density at radius 3 is 2.58 bits per heavy atom. The highest BCUT2D eigenvalue weighted by atomic mass is 16.1. The number of hydrogen-bond donors (Lipinski definition) is 0. The minimum Gasteiger partial charge on any atom is -0.372 e. The zero-order valence-electron chi connectivity index (χ0n) is 14.9. The number of carbonyl (C=O) groups excluding carboxylic acids is 1. The third-order valence-electron chi connectivity index (χ3n) is 4.41. The molecule has 1 aliphatic carbocycles. The average Bonchev–Trinajstić information content (AvgIpc) is 2.68. The van der Waals surface area contributed by atoms with E-state index in [0.29, 0.717) is 5.71 Å². The molecule has 0 aromatic heterocycles. The second-order valence-electron chi connectivity index (χ2n) is 5.97. The summed E-state index contributed by atoms with van der Waals surface area (Å²) >= 11 is 0. The van der Waals surface area contributed by atoms with Crippen molar-refractivity contribution in [3.05, 3.63) is 59.7 Å². The van der Waals surface area contributed by atoms with E-state index in [9.17, 15) is 10.1 Å².